The van der Waals surface area contributed by atoms with Crippen molar-refractivity contribution < 1.29 is 25.2 Å². The average Bonchev–Trinajstić information content (AvgIpc) is 2.96. The van der Waals surface area contributed by atoms with Gasteiger partial charge in [-0.25, -0.2) is 0 Å². The van der Waals surface area contributed by atoms with Crippen LogP contribution in [0.25, 0.3) is 0 Å². The van der Waals surface area contributed by atoms with E-state index < -0.39 is 36.9 Å². The summed E-state index contributed by atoms with van der Waals surface area (Å²) in [5.41, 5.74) is 0. The van der Waals surface area contributed by atoms with Crippen molar-refractivity contribution in [1.82, 2.24) is 5.32 Å². The molecule has 0 rings (SSSR count). The van der Waals surface area contributed by atoms with Crippen LogP contribution in [0.15, 0.2) is 48.6 Å². The molecule has 0 aliphatic heterocycles. The number of amides is 1. The van der Waals surface area contributed by atoms with Gasteiger partial charge in [0, 0.05) is 0 Å². The van der Waals surface area contributed by atoms with Crippen molar-refractivity contribution in [2.24, 2.45) is 0 Å². The van der Waals surface area contributed by atoms with Gasteiger partial charge in [-0.1, -0.05) is 94.6 Å². The molecule has 5 N–H and O–H groups in total. The minimum Gasteiger partial charge on any atom is -0.394 e. The van der Waals surface area contributed by atoms with Gasteiger partial charge in [-0.2, -0.15) is 0 Å². The molecule has 0 radical (unpaired) electrons. The van der Waals surface area contributed by atoms with Gasteiger partial charge in [0.05, 0.1) is 18.8 Å². The second-order valence-electron chi connectivity index (χ2n) is 10.7. The predicted octanol–water partition coefficient (Wildman–Crippen LogP) is 6.83. The molecule has 0 saturated carbocycles. The molecule has 0 heterocycles. The molecule has 0 aliphatic rings. The molecule has 6 heteroatoms. The summed E-state index contributed by atoms with van der Waals surface area (Å²) in [5.74, 6) is -0.616. The maximum Gasteiger partial charge on any atom is 0.249 e. The molecule has 0 spiro atoms. The van der Waals surface area contributed by atoms with Gasteiger partial charge < -0.3 is 25.7 Å². The number of carbonyl (C=O) groups excluding carboxylic acids is 1. The zero-order valence-corrected chi connectivity index (χ0v) is 25.6. The summed E-state index contributed by atoms with van der Waals surface area (Å²) < 4.78 is 0. The number of rotatable bonds is 27. The number of aliphatic hydroxyl groups is 4. The van der Waals surface area contributed by atoms with Gasteiger partial charge in [0.2, 0.25) is 5.91 Å². The number of unbranched alkanes of at least 4 members (excludes halogenated alkanes) is 10. The van der Waals surface area contributed by atoms with Gasteiger partial charge in [0.25, 0.3) is 0 Å². The predicted molar refractivity (Wildman–Crippen MR) is 168 cm³/mol. The van der Waals surface area contributed by atoms with E-state index in [4.69, 9.17) is 0 Å². The minimum atomic E-state index is -1.29. The van der Waals surface area contributed by atoms with Crippen LogP contribution in [0, 0.1) is 0 Å². The number of carbonyl (C=O) groups is 1. The van der Waals surface area contributed by atoms with Crippen LogP contribution in [0.4, 0.5) is 0 Å². The van der Waals surface area contributed by atoms with Crippen molar-refractivity contribution in [3.05, 3.63) is 48.6 Å². The van der Waals surface area contributed by atoms with E-state index in [1.54, 1.807) is 0 Å². The second-order valence-corrected chi connectivity index (χ2v) is 10.7. The van der Waals surface area contributed by atoms with Crippen molar-refractivity contribution in [2.75, 3.05) is 6.61 Å². The number of allylic oxidation sites excluding steroid dienone is 8. The first-order valence-corrected chi connectivity index (χ1v) is 16.0. The van der Waals surface area contributed by atoms with Crippen molar-refractivity contribution in [2.45, 2.75) is 154 Å². The molecule has 40 heavy (non-hydrogen) atoms. The van der Waals surface area contributed by atoms with Gasteiger partial charge >= 0.3 is 0 Å². The summed E-state index contributed by atoms with van der Waals surface area (Å²) in [4.78, 5) is 12.3. The third-order valence-electron chi connectivity index (χ3n) is 6.98. The molecule has 0 aromatic carbocycles. The van der Waals surface area contributed by atoms with Crippen LogP contribution in [0.5, 0.6) is 0 Å². The molecule has 0 fully saturated rings. The normalized spacial score (nSPS) is 15.4. The molecule has 0 aromatic heterocycles. The lowest BCUT2D eigenvalue weighted by Gasteiger charge is -2.27. The Labute approximate surface area is 245 Å². The first-order valence-electron chi connectivity index (χ1n) is 16.0. The fraction of sp³-hybridized carbons (Fsp3) is 0.735. The summed E-state index contributed by atoms with van der Waals surface area (Å²) in [6.07, 6.45) is 31.3. The highest BCUT2D eigenvalue weighted by molar-refractivity contribution is 5.80. The summed E-state index contributed by atoms with van der Waals surface area (Å²) in [6, 6.07) is -1.01. The lowest BCUT2D eigenvalue weighted by Crippen LogP contribution is -2.53. The topological polar surface area (TPSA) is 110 Å². The van der Waals surface area contributed by atoms with Crippen LogP contribution in [0.3, 0.4) is 0 Å². The first kappa shape index (κ1) is 38.3. The van der Waals surface area contributed by atoms with E-state index in [-0.39, 0.29) is 0 Å². The van der Waals surface area contributed by atoms with Crippen molar-refractivity contribution in [1.29, 1.82) is 0 Å². The molecule has 0 saturated heterocycles. The summed E-state index contributed by atoms with van der Waals surface area (Å²) in [7, 11) is 0. The average molecular weight is 564 g/mol. The van der Waals surface area contributed by atoms with Crippen LogP contribution >= 0.6 is 0 Å². The smallest absolute Gasteiger partial charge is 0.249 e. The van der Waals surface area contributed by atoms with E-state index in [2.05, 4.69) is 67.8 Å². The summed E-state index contributed by atoms with van der Waals surface area (Å²) >= 11 is 0. The second kappa shape index (κ2) is 28.8. The number of nitrogens with one attached hydrogen (secondary N) is 1. The molecule has 6 nitrogen and oxygen atoms in total. The monoisotopic (exact) mass is 563 g/mol. The fourth-order valence-electron chi connectivity index (χ4n) is 4.37. The number of aliphatic hydroxyl groups excluding tert-OH is 4. The Morgan fingerprint density at radius 2 is 1.12 bits per heavy atom. The highest BCUT2D eigenvalue weighted by Gasteiger charge is 2.28. The summed E-state index contributed by atoms with van der Waals surface area (Å²) in [6.45, 7) is 3.84. The van der Waals surface area contributed by atoms with E-state index in [9.17, 15) is 25.2 Å². The van der Waals surface area contributed by atoms with Crippen molar-refractivity contribution in [3.63, 3.8) is 0 Å². The van der Waals surface area contributed by atoms with Gasteiger partial charge in [0.1, 0.15) is 12.2 Å². The first-order chi connectivity index (χ1) is 19.5. The Bertz CT molecular complexity index is 688. The van der Waals surface area contributed by atoms with Gasteiger partial charge in [-0.05, 0) is 83.5 Å². The SMILES string of the molecule is CC/C=C/CC/C=C/CC/C=C/CCCC(O)C(O)C(CO)NC(=O)C(O)CCCCCC/C=C\CCCCC. The van der Waals surface area contributed by atoms with Crippen LogP contribution in [-0.4, -0.2) is 57.3 Å². The third kappa shape index (κ3) is 23.0. The number of hydrogen-bond donors (Lipinski definition) is 5. The zero-order valence-electron chi connectivity index (χ0n) is 25.6. The van der Waals surface area contributed by atoms with Gasteiger partial charge in [0.15, 0.2) is 0 Å². The molecular formula is C34H61NO5. The molecule has 1 amide bonds. The van der Waals surface area contributed by atoms with E-state index in [0.717, 1.165) is 77.0 Å². The van der Waals surface area contributed by atoms with Crippen LogP contribution in [-0.2, 0) is 4.79 Å². The molecule has 0 aliphatic carbocycles. The van der Waals surface area contributed by atoms with E-state index in [1.165, 1.54) is 19.3 Å². The zero-order chi connectivity index (χ0) is 29.7. The van der Waals surface area contributed by atoms with E-state index >= 15 is 0 Å². The molecular weight excluding hydrogens is 502 g/mol. The lowest BCUT2D eigenvalue weighted by atomic mass is 10.00. The Kier molecular flexibility index (Phi) is 27.5. The minimum absolute atomic E-state index is 0.341. The summed E-state index contributed by atoms with van der Waals surface area (Å²) in [5, 5.41) is 43.1. The maximum atomic E-state index is 12.3. The third-order valence-corrected chi connectivity index (χ3v) is 6.98. The Morgan fingerprint density at radius 1 is 0.625 bits per heavy atom. The van der Waals surface area contributed by atoms with Crippen LogP contribution in [0.1, 0.15) is 129 Å². The van der Waals surface area contributed by atoms with E-state index in [0.29, 0.717) is 19.3 Å². The Hall–Kier alpha value is -1.73. The molecule has 0 aromatic rings. The highest BCUT2D eigenvalue weighted by atomic mass is 16.3. The maximum absolute atomic E-state index is 12.3. The van der Waals surface area contributed by atoms with Gasteiger partial charge in [-0.3, -0.25) is 4.79 Å². The fourth-order valence-corrected chi connectivity index (χ4v) is 4.37. The lowest BCUT2D eigenvalue weighted by molar-refractivity contribution is -0.132. The Balaban J connectivity index is 4.02. The van der Waals surface area contributed by atoms with Crippen molar-refractivity contribution in [3.8, 4) is 0 Å². The standard InChI is InChI=1S/C34H61NO5/c1-3-5-7-9-11-13-15-16-18-19-21-23-25-27-31(37)33(39)30(29-36)35-34(40)32(38)28-26-24-22-20-17-14-12-10-8-6-4-2/h5,7,12-15,19,21,30-33,36-39H,3-4,6,8-11,16-18,20,22-29H2,1-2H3,(H,35,40)/b7-5+,14-12-,15-13+,21-19+. The van der Waals surface area contributed by atoms with Gasteiger partial charge in [-0.15, -0.1) is 0 Å². The van der Waals surface area contributed by atoms with Crippen molar-refractivity contribution >= 4 is 5.91 Å². The molecule has 232 valence electrons. The highest BCUT2D eigenvalue weighted by Crippen LogP contribution is 2.12. The molecule has 4 atom stereocenters. The molecule has 4 unspecified atom stereocenters. The largest absolute Gasteiger partial charge is 0.394 e. The van der Waals surface area contributed by atoms with Crippen LogP contribution in [0.2, 0.25) is 0 Å². The quantitative estimate of drug-likeness (QED) is 0.0556. The van der Waals surface area contributed by atoms with Crippen LogP contribution < -0.4 is 5.32 Å². The number of hydrogen-bond acceptors (Lipinski definition) is 5. The van der Waals surface area contributed by atoms with E-state index in [1.807, 2.05) is 0 Å². The Morgan fingerprint density at radius 3 is 1.68 bits per heavy atom. The molecule has 0 bridgehead atoms.